The highest BCUT2D eigenvalue weighted by Gasteiger charge is 2.01. The second-order valence-electron chi connectivity index (χ2n) is 4.75. The van der Waals surface area contributed by atoms with Gasteiger partial charge in [0, 0.05) is 31.4 Å². The number of aromatic nitrogens is 2. The van der Waals surface area contributed by atoms with Gasteiger partial charge in [0.1, 0.15) is 5.82 Å². The average Bonchev–Trinajstić information content (AvgIpc) is 2.71. The molecule has 0 amide bonds. The van der Waals surface area contributed by atoms with E-state index in [2.05, 4.69) is 48.6 Å². The Morgan fingerprint density at radius 1 is 1.53 bits per heavy atom. The molecule has 96 valence electrons. The minimum atomic E-state index is 0.572. The standard InChI is InChI=1S/C14H25N3/c1-5-17-10-9-16-14(17)11-13(4)7-6-8-15-12(2)3/h7,9-10,12,15H,5-6,8,11H2,1-4H3. The number of allylic oxidation sites excluding steroid dienone is 1. The van der Waals surface area contributed by atoms with Crippen LogP contribution in [0.1, 0.15) is 39.9 Å². The van der Waals surface area contributed by atoms with Crippen molar-refractivity contribution < 1.29 is 0 Å². The third kappa shape index (κ3) is 5.18. The van der Waals surface area contributed by atoms with Crippen molar-refractivity contribution in [3.05, 3.63) is 29.9 Å². The molecule has 3 nitrogen and oxygen atoms in total. The fraction of sp³-hybridized carbons (Fsp3) is 0.643. The molecule has 0 saturated carbocycles. The number of nitrogens with zero attached hydrogens (tertiary/aromatic N) is 2. The molecule has 1 heterocycles. The van der Waals surface area contributed by atoms with Gasteiger partial charge < -0.3 is 9.88 Å². The fourth-order valence-electron chi connectivity index (χ4n) is 1.81. The van der Waals surface area contributed by atoms with Crippen molar-refractivity contribution in [3.63, 3.8) is 0 Å². The normalized spacial score (nSPS) is 12.4. The van der Waals surface area contributed by atoms with Crippen LogP contribution < -0.4 is 5.32 Å². The Balaban J connectivity index is 2.38. The zero-order valence-corrected chi connectivity index (χ0v) is 11.5. The fourth-order valence-corrected chi connectivity index (χ4v) is 1.81. The summed E-state index contributed by atoms with van der Waals surface area (Å²) in [6.07, 6.45) is 8.29. The summed E-state index contributed by atoms with van der Waals surface area (Å²) in [7, 11) is 0. The topological polar surface area (TPSA) is 29.9 Å². The van der Waals surface area contributed by atoms with Crippen molar-refractivity contribution in [1.29, 1.82) is 0 Å². The molecule has 0 aliphatic carbocycles. The van der Waals surface area contributed by atoms with Crippen molar-refractivity contribution in [2.45, 2.75) is 53.1 Å². The van der Waals surface area contributed by atoms with Gasteiger partial charge in [0.15, 0.2) is 0 Å². The van der Waals surface area contributed by atoms with Gasteiger partial charge in [-0.15, -0.1) is 0 Å². The average molecular weight is 235 g/mol. The SMILES string of the molecule is CCn1ccnc1CC(C)=CCCNC(C)C. The van der Waals surface area contributed by atoms with Crippen molar-refractivity contribution in [2.75, 3.05) is 6.54 Å². The molecule has 0 spiro atoms. The first-order chi connectivity index (χ1) is 8.13. The number of rotatable bonds is 7. The second kappa shape index (κ2) is 7.28. The minimum absolute atomic E-state index is 0.572. The van der Waals surface area contributed by atoms with Crippen LogP contribution in [0.3, 0.4) is 0 Å². The summed E-state index contributed by atoms with van der Waals surface area (Å²) in [5.74, 6) is 1.16. The molecule has 0 aromatic carbocycles. The molecule has 3 heteroatoms. The van der Waals surface area contributed by atoms with E-state index in [0.29, 0.717) is 6.04 Å². The minimum Gasteiger partial charge on any atom is -0.335 e. The van der Waals surface area contributed by atoms with E-state index in [-0.39, 0.29) is 0 Å². The number of aryl methyl sites for hydroxylation is 1. The highest BCUT2D eigenvalue weighted by Crippen LogP contribution is 2.06. The maximum Gasteiger partial charge on any atom is 0.112 e. The molecule has 0 saturated heterocycles. The van der Waals surface area contributed by atoms with Crippen LogP contribution in [0.4, 0.5) is 0 Å². The summed E-state index contributed by atoms with van der Waals surface area (Å²) in [5, 5.41) is 3.42. The Bertz CT molecular complexity index is 350. The Morgan fingerprint density at radius 2 is 2.29 bits per heavy atom. The van der Waals surface area contributed by atoms with Crippen LogP contribution in [-0.2, 0) is 13.0 Å². The zero-order valence-electron chi connectivity index (χ0n) is 11.5. The first-order valence-corrected chi connectivity index (χ1v) is 6.52. The van der Waals surface area contributed by atoms with Crippen LogP contribution in [-0.4, -0.2) is 22.1 Å². The van der Waals surface area contributed by atoms with Crippen molar-refractivity contribution >= 4 is 0 Å². The first-order valence-electron chi connectivity index (χ1n) is 6.52. The number of nitrogens with one attached hydrogen (secondary N) is 1. The van der Waals surface area contributed by atoms with Crippen LogP contribution in [0.5, 0.6) is 0 Å². The highest BCUT2D eigenvalue weighted by molar-refractivity contribution is 5.08. The summed E-state index contributed by atoms with van der Waals surface area (Å²) in [6.45, 7) is 10.7. The van der Waals surface area contributed by atoms with Gasteiger partial charge in [0.05, 0.1) is 0 Å². The molecule has 0 aliphatic heterocycles. The maximum atomic E-state index is 4.39. The van der Waals surface area contributed by atoms with E-state index in [1.807, 2.05) is 12.4 Å². The van der Waals surface area contributed by atoms with Crippen molar-refractivity contribution in [2.24, 2.45) is 0 Å². The van der Waals surface area contributed by atoms with E-state index in [1.165, 1.54) is 5.57 Å². The lowest BCUT2D eigenvalue weighted by Gasteiger charge is -2.07. The summed E-state index contributed by atoms with van der Waals surface area (Å²) in [5.41, 5.74) is 1.40. The van der Waals surface area contributed by atoms with E-state index in [1.54, 1.807) is 0 Å². The predicted molar refractivity (Wildman–Crippen MR) is 73.1 cm³/mol. The smallest absolute Gasteiger partial charge is 0.112 e. The van der Waals surface area contributed by atoms with Crippen molar-refractivity contribution in [3.8, 4) is 0 Å². The van der Waals surface area contributed by atoms with Gasteiger partial charge in [-0.25, -0.2) is 4.98 Å². The van der Waals surface area contributed by atoms with Gasteiger partial charge in [-0.3, -0.25) is 0 Å². The van der Waals surface area contributed by atoms with E-state index < -0.39 is 0 Å². The lowest BCUT2D eigenvalue weighted by atomic mass is 10.1. The molecule has 0 aliphatic rings. The molecule has 1 aromatic heterocycles. The van der Waals surface area contributed by atoms with Crippen LogP contribution in [0.2, 0.25) is 0 Å². The summed E-state index contributed by atoms with van der Waals surface area (Å²) in [6, 6.07) is 0.572. The lowest BCUT2D eigenvalue weighted by Crippen LogP contribution is -2.23. The molecule has 0 bridgehead atoms. The Labute approximate surface area is 105 Å². The molecule has 17 heavy (non-hydrogen) atoms. The molecule has 0 unspecified atom stereocenters. The van der Waals surface area contributed by atoms with Gasteiger partial charge >= 0.3 is 0 Å². The van der Waals surface area contributed by atoms with E-state index in [0.717, 1.165) is 31.8 Å². The second-order valence-corrected chi connectivity index (χ2v) is 4.75. The number of hydrogen-bond acceptors (Lipinski definition) is 2. The summed E-state index contributed by atoms with van der Waals surface area (Å²) >= 11 is 0. The molecule has 0 atom stereocenters. The molecular formula is C14H25N3. The molecule has 1 rings (SSSR count). The van der Waals surface area contributed by atoms with Crippen molar-refractivity contribution in [1.82, 2.24) is 14.9 Å². The molecule has 0 fully saturated rings. The zero-order chi connectivity index (χ0) is 12.7. The quantitative estimate of drug-likeness (QED) is 0.582. The molecular weight excluding hydrogens is 210 g/mol. The largest absolute Gasteiger partial charge is 0.335 e. The van der Waals surface area contributed by atoms with Gasteiger partial charge in [0.2, 0.25) is 0 Å². The third-order valence-electron chi connectivity index (χ3n) is 2.77. The third-order valence-corrected chi connectivity index (χ3v) is 2.77. The van der Waals surface area contributed by atoms with E-state index >= 15 is 0 Å². The highest BCUT2D eigenvalue weighted by atomic mass is 15.0. The first kappa shape index (κ1) is 14.0. The van der Waals surface area contributed by atoms with Gasteiger partial charge in [0.25, 0.3) is 0 Å². The Morgan fingerprint density at radius 3 is 2.94 bits per heavy atom. The predicted octanol–water partition coefficient (Wildman–Crippen LogP) is 2.78. The summed E-state index contributed by atoms with van der Waals surface area (Å²) in [4.78, 5) is 4.39. The van der Waals surface area contributed by atoms with E-state index in [9.17, 15) is 0 Å². The molecule has 0 radical (unpaired) electrons. The van der Waals surface area contributed by atoms with Gasteiger partial charge in [-0.05, 0) is 26.8 Å². The van der Waals surface area contributed by atoms with Crippen LogP contribution in [0.25, 0.3) is 0 Å². The molecule has 1 aromatic rings. The van der Waals surface area contributed by atoms with Crippen LogP contribution in [0.15, 0.2) is 24.0 Å². The number of hydrogen-bond donors (Lipinski definition) is 1. The van der Waals surface area contributed by atoms with Gasteiger partial charge in [-0.1, -0.05) is 25.5 Å². The lowest BCUT2D eigenvalue weighted by molar-refractivity contribution is 0.594. The van der Waals surface area contributed by atoms with E-state index in [4.69, 9.17) is 0 Å². The molecule has 1 N–H and O–H groups in total. The number of imidazole rings is 1. The van der Waals surface area contributed by atoms with Gasteiger partial charge in [-0.2, -0.15) is 0 Å². The van der Waals surface area contributed by atoms with Crippen LogP contribution >= 0.6 is 0 Å². The monoisotopic (exact) mass is 235 g/mol. The maximum absolute atomic E-state index is 4.39. The Kier molecular flexibility index (Phi) is 5.98. The van der Waals surface area contributed by atoms with Crippen LogP contribution in [0, 0.1) is 0 Å². The Hall–Kier alpha value is -1.09. The summed E-state index contributed by atoms with van der Waals surface area (Å²) < 4.78 is 2.20.